The van der Waals surface area contributed by atoms with Gasteiger partial charge in [0.2, 0.25) is 10.9 Å². The van der Waals surface area contributed by atoms with Crippen molar-refractivity contribution in [1.82, 2.24) is 29.1 Å². The summed E-state index contributed by atoms with van der Waals surface area (Å²) in [6, 6.07) is 32.5. The van der Waals surface area contributed by atoms with E-state index in [-0.39, 0.29) is 32.9 Å². The van der Waals surface area contributed by atoms with Crippen molar-refractivity contribution in [3.8, 4) is 0 Å². The predicted molar refractivity (Wildman–Crippen MR) is 242 cm³/mol. The lowest BCUT2D eigenvalue weighted by molar-refractivity contribution is 0.102. The number of halogens is 3. The second-order valence-electron chi connectivity index (χ2n) is 13.5. The largest absolute Gasteiger partial charge is 0.357 e. The Morgan fingerprint density at radius 3 is 1.48 bits per heavy atom. The Balaban J connectivity index is 0.000000183. The molecule has 11 nitrogen and oxygen atoms in total. The molecular formula is C46H36Br2ClN7O4. The van der Waals surface area contributed by atoms with E-state index in [9.17, 15) is 19.2 Å². The molecular weight excluding hydrogens is 910 g/mol. The number of hydrogen-bond donors (Lipinski definition) is 0. The molecule has 0 bridgehead atoms. The zero-order valence-electron chi connectivity index (χ0n) is 32.4. The van der Waals surface area contributed by atoms with Gasteiger partial charge in [0.05, 0.1) is 46.6 Å². The highest BCUT2D eigenvalue weighted by Crippen LogP contribution is 2.20. The molecule has 60 heavy (non-hydrogen) atoms. The van der Waals surface area contributed by atoms with E-state index in [1.807, 2.05) is 75.9 Å². The fraction of sp³-hybridized carbons (Fsp3) is 0.130. The van der Waals surface area contributed by atoms with Crippen molar-refractivity contribution in [2.24, 2.45) is 0 Å². The van der Waals surface area contributed by atoms with Crippen molar-refractivity contribution >= 4 is 82.7 Å². The Hall–Kier alpha value is -6.15. The molecule has 0 radical (unpaired) electrons. The quantitative estimate of drug-likeness (QED) is 0.0920. The number of aromatic nitrogens is 6. The normalized spacial score (nSPS) is 10.9. The standard InChI is InChI=1S/C25H23BrN4O2.C21H13BrClN3O2/c1-3-29(4-2)23-13-12-17(14-27-23)24(31)20-16-30(15-18-8-7-11-22(26)28-18)21-10-6-5-9-19(21)25(20)32;22-18-7-3-4-14(25-18)11-26-12-16(20(27)13-8-9-19(23)24-10-13)21(28)15-5-1-2-6-17(15)26/h5-14,16H,3-4,15H2,1-2H3;1-10,12H,11H2. The average Bonchev–Trinajstić information content (AvgIpc) is 3.26. The molecule has 6 aromatic heterocycles. The summed E-state index contributed by atoms with van der Waals surface area (Å²) >= 11 is 12.6. The number of rotatable bonds is 11. The molecule has 8 aromatic rings. The average molecular weight is 946 g/mol. The van der Waals surface area contributed by atoms with Crippen molar-refractivity contribution in [2.75, 3.05) is 18.0 Å². The van der Waals surface area contributed by atoms with Crippen molar-refractivity contribution in [1.29, 1.82) is 0 Å². The summed E-state index contributed by atoms with van der Waals surface area (Å²) in [4.78, 5) is 71.8. The molecule has 0 aliphatic heterocycles. The summed E-state index contributed by atoms with van der Waals surface area (Å²) in [6.45, 7) is 6.62. The molecule has 2 aromatic carbocycles. The van der Waals surface area contributed by atoms with Crippen LogP contribution < -0.4 is 15.8 Å². The number of pyridine rings is 6. The minimum absolute atomic E-state index is 0.0813. The molecule has 0 unspecified atom stereocenters. The van der Waals surface area contributed by atoms with E-state index in [2.05, 4.69) is 70.5 Å². The first kappa shape index (κ1) is 42.0. The van der Waals surface area contributed by atoms with Gasteiger partial charge in [-0.3, -0.25) is 19.2 Å². The molecule has 6 heterocycles. The van der Waals surface area contributed by atoms with Crippen LogP contribution in [-0.4, -0.2) is 53.7 Å². The lowest BCUT2D eigenvalue weighted by Gasteiger charge is -2.19. The molecule has 14 heteroatoms. The summed E-state index contributed by atoms with van der Waals surface area (Å²) in [6.07, 6.45) is 6.14. The number of anilines is 1. The number of nitrogens with zero attached hydrogens (tertiary/aromatic N) is 7. The second kappa shape index (κ2) is 18.8. The third kappa shape index (κ3) is 9.33. The van der Waals surface area contributed by atoms with Crippen LogP contribution in [0.15, 0.2) is 153 Å². The molecule has 0 aliphatic rings. The van der Waals surface area contributed by atoms with E-state index in [1.165, 1.54) is 12.3 Å². The lowest BCUT2D eigenvalue weighted by atomic mass is 10.0. The van der Waals surface area contributed by atoms with E-state index < -0.39 is 5.78 Å². The maximum atomic E-state index is 13.3. The van der Waals surface area contributed by atoms with Crippen LogP contribution in [0.5, 0.6) is 0 Å². The van der Waals surface area contributed by atoms with E-state index >= 15 is 0 Å². The zero-order chi connectivity index (χ0) is 42.3. The monoisotopic (exact) mass is 943 g/mol. The maximum Gasteiger partial charge on any atom is 0.200 e. The Bertz CT molecular complexity index is 2990. The first-order valence-electron chi connectivity index (χ1n) is 18.9. The van der Waals surface area contributed by atoms with Gasteiger partial charge in [0.15, 0.2) is 11.6 Å². The van der Waals surface area contributed by atoms with Crippen LogP contribution in [0.3, 0.4) is 0 Å². The fourth-order valence-corrected chi connectivity index (χ4v) is 7.65. The minimum Gasteiger partial charge on any atom is -0.357 e. The Labute approximate surface area is 366 Å². The Kier molecular flexibility index (Phi) is 13.2. The van der Waals surface area contributed by atoms with Gasteiger partial charge >= 0.3 is 0 Å². The maximum absolute atomic E-state index is 13.3. The molecule has 300 valence electrons. The molecule has 0 amide bonds. The van der Waals surface area contributed by atoms with Gasteiger partial charge in [0.1, 0.15) is 20.2 Å². The highest BCUT2D eigenvalue weighted by atomic mass is 79.9. The van der Waals surface area contributed by atoms with Gasteiger partial charge in [-0.25, -0.2) is 19.9 Å². The molecule has 8 rings (SSSR count). The number of para-hydroxylation sites is 2. The molecule has 0 N–H and O–H groups in total. The number of fused-ring (bicyclic) bond motifs is 2. The smallest absolute Gasteiger partial charge is 0.200 e. The topological polar surface area (TPSA) is 133 Å². The molecule has 0 atom stereocenters. The van der Waals surface area contributed by atoms with Gasteiger partial charge in [-0.2, -0.15) is 0 Å². The highest BCUT2D eigenvalue weighted by molar-refractivity contribution is 9.10. The minimum atomic E-state index is -0.393. The number of ketones is 2. The van der Waals surface area contributed by atoms with E-state index in [0.717, 1.165) is 50.5 Å². The van der Waals surface area contributed by atoms with Crippen LogP contribution in [-0.2, 0) is 13.1 Å². The van der Waals surface area contributed by atoms with E-state index in [0.29, 0.717) is 35.0 Å². The fourth-order valence-electron chi connectivity index (χ4n) is 6.78. The lowest BCUT2D eigenvalue weighted by Crippen LogP contribution is -2.23. The van der Waals surface area contributed by atoms with Crippen LogP contribution >= 0.6 is 43.5 Å². The van der Waals surface area contributed by atoms with Gasteiger partial charge in [-0.1, -0.05) is 48.0 Å². The number of benzene rings is 2. The van der Waals surface area contributed by atoms with Crippen molar-refractivity contribution in [3.63, 3.8) is 0 Å². The van der Waals surface area contributed by atoms with Crippen molar-refractivity contribution in [2.45, 2.75) is 26.9 Å². The zero-order valence-corrected chi connectivity index (χ0v) is 36.4. The number of carbonyl (C=O) groups excluding carboxylic acids is 2. The van der Waals surface area contributed by atoms with Crippen molar-refractivity contribution < 1.29 is 9.59 Å². The van der Waals surface area contributed by atoms with Crippen LogP contribution in [0, 0.1) is 0 Å². The van der Waals surface area contributed by atoms with E-state index in [1.54, 1.807) is 55.0 Å². The van der Waals surface area contributed by atoms with Gasteiger partial charge in [-0.05, 0) is 119 Å². The summed E-state index contributed by atoms with van der Waals surface area (Å²) in [7, 11) is 0. The van der Waals surface area contributed by atoms with Gasteiger partial charge in [-0.15, -0.1) is 0 Å². The van der Waals surface area contributed by atoms with Gasteiger partial charge in [0, 0.05) is 59.8 Å². The van der Waals surface area contributed by atoms with E-state index in [4.69, 9.17) is 11.6 Å². The van der Waals surface area contributed by atoms with Crippen LogP contribution in [0.4, 0.5) is 5.82 Å². The summed E-state index contributed by atoms with van der Waals surface area (Å²) in [5.41, 5.74) is 3.42. The molecule has 0 saturated heterocycles. The third-order valence-electron chi connectivity index (χ3n) is 9.76. The SMILES string of the molecule is CCN(CC)c1ccc(C(=O)c2cn(Cc3cccc(Br)n3)c3ccccc3c2=O)cn1.O=C(c1ccc(Cl)nc1)c1cn(Cc2cccc(Br)n2)c2ccccc2c1=O. The molecule has 0 spiro atoms. The first-order valence-corrected chi connectivity index (χ1v) is 20.9. The number of carbonyl (C=O) groups is 2. The third-order valence-corrected chi connectivity index (χ3v) is 10.9. The van der Waals surface area contributed by atoms with Crippen LogP contribution in [0.25, 0.3) is 21.8 Å². The van der Waals surface area contributed by atoms with Gasteiger partial charge in [0.25, 0.3) is 0 Å². The Morgan fingerprint density at radius 1 is 0.600 bits per heavy atom. The Morgan fingerprint density at radius 2 is 1.07 bits per heavy atom. The predicted octanol–water partition coefficient (Wildman–Crippen LogP) is 9.17. The molecule has 0 fully saturated rings. The van der Waals surface area contributed by atoms with Gasteiger partial charge < -0.3 is 14.0 Å². The highest BCUT2D eigenvalue weighted by Gasteiger charge is 2.20. The second-order valence-corrected chi connectivity index (χ2v) is 15.6. The summed E-state index contributed by atoms with van der Waals surface area (Å²) in [5, 5.41) is 1.26. The van der Waals surface area contributed by atoms with Crippen LogP contribution in [0.1, 0.15) is 57.1 Å². The van der Waals surface area contributed by atoms with Crippen LogP contribution in [0.2, 0.25) is 5.15 Å². The molecule has 0 aliphatic carbocycles. The first-order chi connectivity index (χ1) is 29.0. The summed E-state index contributed by atoms with van der Waals surface area (Å²) in [5.74, 6) is 0.0781. The summed E-state index contributed by atoms with van der Waals surface area (Å²) < 4.78 is 5.22. The number of hydrogen-bond acceptors (Lipinski definition) is 9. The van der Waals surface area contributed by atoms with Crippen molar-refractivity contribution in [3.05, 3.63) is 202 Å². The molecule has 0 saturated carbocycles.